The van der Waals surface area contributed by atoms with E-state index >= 15 is 0 Å². The summed E-state index contributed by atoms with van der Waals surface area (Å²) in [6.45, 7) is 2.56. The molecule has 15 heavy (non-hydrogen) atoms. The molecule has 1 atom stereocenters. The number of aromatic nitrogens is 5. The molecule has 0 aromatic carbocycles. The lowest BCUT2D eigenvalue weighted by molar-refractivity contribution is 0.665. The highest BCUT2D eigenvalue weighted by atomic mass is 15.4. The average Bonchev–Trinajstić information content (AvgIpc) is 2.76. The Balaban J connectivity index is 2.11. The molecular formula is C9H14N6. The standard InChI is InChI=1S/C9H14N6/c1-7(10)8-3-11-15(4-8)6-9-5-14(2)13-12-9/h3-5,7H,6,10H2,1-2H3. The number of aryl methyl sites for hydroxylation is 1. The van der Waals surface area contributed by atoms with E-state index in [0.717, 1.165) is 11.3 Å². The van der Waals surface area contributed by atoms with Crippen LogP contribution in [0.15, 0.2) is 18.6 Å². The first-order valence-electron chi connectivity index (χ1n) is 4.78. The van der Waals surface area contributed by atoms with Crippen LogP contribution >= 0.6 is 0 Å². The smallest absolute Gasteiger partial charge is 0.104 e. The molecule has 2 rings (SSSR count). The maximum absolute atomic E-state index is 5.74. The molecule has 0 saturated heterocycles. The summed E-state index contributed by atoms with van der Waals surface area (Å²) in [7, 11) is 1.84. The molecule has 80 valence electrons. The quantitative estimate of drug-likeness (QED) is 0.771. The first-order chi connectivity index (χ1) is 7.15. The summed E-state index contributed by atoms with van der Waals surface area (Å²) in [6.07, 6.45) is 5.58. The summed E-state index contributed by atoms with van der Waals surface area (Å²) in [5.41, 5.74) is 7.65. The van der Waals surface area contributed by atoms with Gasteiger partial charge in [-0.1, -0.05) is 5.21 Å². The van der Waals surface area contributed by atoms with Crippen molar-refractivity contribution in [2.45, 2.75) is 19.5 Å². The van der Waals surface area contributed by atoms with E-state index < -0.39 is 0 Å². The Morgan fingerprint density at radius 1 is 1.47 bits per heavy atom. The number of nitrogens with two attached hydrogens (primary N) is 1. The topological polar surface area (TPSA) is 74.5 Å². The molecule has 2 aromatic rings. The SMILES string of the molecule is CC(N)c1cnn(Cc2cn(C)nn2)c1. The average molecular weight is 206 g/mol. The summed E-state index contributed by atoms with van der Waals surface area (Å²) in [5.74, 6) is 0. The first kappa shape index (κ1) is 9.85. The molecule has 0 saturated carbocycles. The fourth-order valence-electron chi connectivity index (χ4n) is 1.33. The van der Waals surface area contributed by atoms with Gasteiger partial charge in [-0.25, -0.2) is 0 Å². The highest BCUT2D eigenvalue weighted by molar-refractivity contribution is 5.09. The minimum Gasteiger partial charge on any atom is -0.324 e. The largest absolute Gasteiger partial charge is 0.324 e. The van der Waals surface area contributed by atoms with Crippen molar-refractivity contribution in [3.63, 3.8) is 0 Å². The van der Waals surface area contributed by atoms with Crippen molar-refractivity contribution in [1.82, 2.24) is 24.8 Å². The fourth-order valence-corrected chi connectivity index (χ4v) is 1.33. The van der Waals surface area contributed by atoms with Gasteiger partial charge in [0.1, 0.15) is 5.69 Å². The Morgan fingerprint density at radius 3 is 2.80 bits per heavy atom. The Morgan fingerprint density at radius 2 is 2.27 bits per heavy atom. The molecule has 1 unspecified atom stereocenters. The monoisotopic (exact) mass is 206 g/mol. The highest BCUT2D eigenvalue weighted by Gasteiger charge is 2.04. The van der Waals surface area contributed by atoms with E-state index in [4.69, 9.17) is 5.73 Å². The lowest BCUT2D eigenvalue weighted by Gasteiger charge is -1.98. The molecule has 2 N–H and O–H groups in total. The Kier molecular flexibility index (Phi) is 2.51. The summed E-state index contributed by atoms with van der Waals surface area (Å²) in [4.78, 5) is 0. The van der Waals surface area contributed by atoms with Crippen molar-refractivity contribution in [2.24, 2.45) is 12.8 Å². The minimum atomic E-state index is 0.0145. The second-order valence-electron chi connectivity index (χ2n) is 3.64. The van der Waals surface area contributed by atoms with Gasteiger partial charge in [0.2, 0.25) is 0 Å². The van der Waals surface area contributed by atoms with Crippen LogP contribution in [-0.4, -0.2) is 24.8 Å². The van der Waals surface area contributed by atoms with E-state index in [-0.39, 0.29) is 6.04 Å². The van der Waals surface area contributed by atoms with Crippen molar-refractivity contribution >= 4 is 0 Å². The fraction of sp³-hybridized carbons (Fsp3) is 0.444. The number of nitrogens with zero attached hydrogens (tertiary/aromatic N) is 5. The molecule has 6 heteroatoms. The van der Waals surface area contributed by atoms with Gasteiger partial charge in [0, 0.05) is 31.0 Å². The van der Waals surface area contributed by atoms with Gasteiger partial charge in [-0.2, -0.15) is 5.10 Å². The Labute approximate surface area is 87.7 Å². The van der Waals surface area contributed by atoms with Gasteiger partial charge in [0.05, 0.1) is 12.7 Å². The van der Waals surface area contributed by atoms with Crippen LogP contribution in [0.2, 0.25) is 0 Å². The summed E-state index contributed by atoms with van der Waals surface area (Å²) in [6, 6.07) is 0.0145. The molecule has 0 fully saturated rings. The normalized spacial score (nSPS) is 13.0. The third kappa shape index (κ3) is 2.21. The second kappa shape index (κ2) is 3.82. The predicted octanol–water partition coefficient (Wildman–Crippen LogP) is 0.0796. The predicted molar refractivity (Wildman–Crippen MR) is 54.9 cm³/mol. The van der Waals surface area contributed by atoms with E-state index in [9.17, 15) is 0 Å². The van der Waals surface area contributed by atoms with Gasteiger partial charge in [0.25, 0.3) is 0 Å². The van der Waals surface area contributed by atoms with Crippen LogP contribution in [0.5, 0.6) is 0 Å². The van der Waals surface area contributed by atoms with Gasteiger partial charge in [-0.15, -0.1) is 5.10 Å². The van der Waals surface area contributed by atoms with E-state index in [1.54, 1.807) is 10.9 Å². The van der Waals surface area contributed by atoms with Gasteiger partial charge < -0.3 is 5.73 Å². The number of hydrogen-bond acceptors (Lipinski definition) is 4. The van der Waals surface area contributed by atoms with Crippen LogP contribution in [0.3, 0.4) is 0 Å². The third-order valence-corrected chi connectivity index (χ3v) is 2.15. The van der Waals surface area contributed by atoms with E-state index in [0.29, 0.717) is 6.54 Å². The summed E-state index contributed by atoms with van der Waals surface area (Å²) < 4.78 is 3.48. The highest BCUT2D eigenvalue weighted by Crippen LogP contribution is 2.08. The lowest BCUT2D eigenvalue weighted by Crippen LogP contribution is -2.04. The molecule has 2 heterocycles. The van der Waals surface area contributed by atoms with Crippen LogP contribution in [0.4, 0.5) is 0 Å². The molecule has 0 aliphatic heterocycles. The van der Waals surface area contributed by atoms with E-state index in [1.165, 1.54) is 0 Å². The van der Waals surface area contributed by atoms with Crippen LogP contribution in [0.1, 0.15) is 24.2 Å². The van der Waals surface area contributed by atoms with Crippen LogP contribution < -0.4 is 5.73 Å². The molecule has 0 bridgehead atoms. The molecule has 0 amide bonds. The van der Waals surface area contributed by atoms with Crippen molar-refractivity contribution in [3.05, 3.63) is 29.8 Å². The second-order valence-corrected chi connectivity index (χ2v) is 3.64. The zero-order valence-corrected chi connectivity index (χ0v) is 8.83. The molecule has 0 aliphatic rings. The van der Waals surface area contributed by atoms with Gasteiger partial charge >= 0.3 is 0 Å². The molecule has 6 nitrogen and oxygen atoms in total. The molecule has 2 aromatic heterocycles. The third-order valence-electron chi connectivity index (χ3n) is 2.15. The lowest BCUT2D eigenvalue weighted by atomic mass is 10.2. The first-order valence-corrected chi connectivity index (χ1v) is 4.78. The van der Waals surface area contributed by atoms with Crippen molar-refractivity contribution in [3.8, 4) is 0 Å². The van der Waals surface area contributed by atoms with E-state index in [2.05, 4.69) is 15.4 Å². The van der Waals surface area contributed by atoms with E-state index in [1.807, 2.05) is 31.0 Å². The Hall–Kier alpha value is -1.69. The van der Waals surface area contributed by atoms with Gasteiger partial charge in [-0.05, 0) is 6.92 Å². The van der Waals surface area contributed by atoms with Crippen LogP contribution in [-0.2, 0) is 13.6 Å². The van der Waals surface area contributed by atoms with Crippen molar-refractivity contribution < 1.29 is 0 Å². The summed E-state index contributed by atoms with van der Waals surface area (Å²) in [5, 5.41) is 12.0. The molecule has 0 spiro atoms. The zero-order valence-electron chi connectivity index (χ0n) is 8.83. The number of rotatable bonds is 3. The van der Waals surface area contributed by atoms with Crippen LogP contribution in [0, 0.1) is 0 Å². The van der Waals surface area contributed by atoms with Crippen molar-refractivity contribution in [1.29, 1.82) is 0 Å². The minimum absolute atomic E-state index is 0.0145. The maximum Gasteiger partial charge on any atom is 0.104 e. The molecule has 0 aliphatic carbocycles. The van der Waals surface area contributed by atoms with Gasteiger partial charge in [-0.3, -0.25) is 9.36 Å². The summed E-state index contributed by atoms with van der Waals surface area (Å²) >= 11 is 0. The molecule has 0 radical (unpaired) electrons. The zero-order chi connectivity index (χ0) is 10.8. The number of hydrogen-bond donors (Lipinski definition) is 1. The van der Waals surface area contributed by atoms with Crippen molar-refractivity contribution in [2.75, 3.05) is 0 Å². The molecular weight excluding hydrogens is 192 g/mol. The maximum atomic E-state index is 5.74. The van der Waals surface area contributed by atoms with Crippen LogP contribution in [0.25, 0.3) is 0 Å². The van der Waals surface area contributed by atoms with Gasteiger partial charge in [0.15, 0.2) is 0 Å². The Bertz CT molecular complexity index is 441.